The summed E-state index contributed by atoms with van der Waals surface area (Å²) in [6, 6.07) is 11.6. The molecule has 0 aliphatic rings. The van der Waals surface area contributed by atoms with Gasteiger partial charge in [0.1, 0.15) is 5.25 Å². The molecule has 0 saturated carbocycles. The maximum atomic E-state index is 12.9. The molecule has 156 valence electrons. The second-order valence-electron chi connectivity index (χ2n) is 6.12. The van der Waals surface area contributed by atoms with Crippen LogP contribution in [0, 0.1) is 0 Å². The Labute approximate surface area is 188 Å². The predicted molar refractivity (Wildman–Crippen MR) is 122 cm³/mol. The first-order valence-corrected chi connectivity index (χ1v) is 11.6. The lowest BCUT2D eigenvalue weighted by Crippen LogP contribution is -2.20. The van der Waals surface area contributed by atoms with Crippen molar-refractivity contribution in [3.63, 3.8) is 0 Å². The highest BCUT2D eigenvalue weighted by molar-refractivity contribution is 7.93. The Bertz CT molecular complexity index is 1170. The van der Waals surface area contributed by atoms with E-state index in [0.717, 1.165) is 11.5 Å². The van der Waals surface area contributed by atoms with Gasteiger partial charge in [0.25, 0.3) is 0 Å². The van der Waals surface area contributed by atoms with E-state index in [4.69, 9.17) is 23.2 Å². The molecular weight excluding hydrogens is 467 g/mol. The SMILES string of the molecule is C=CC(c1c(Cl)cccc1Cl)S(=O)(=O)Nc1nc(-c2ccc(NC(C)=O)cc2)ns1. The molecule has 0 radical (unpaired) electrons. The Balaban J connectivity index is 1.83. The molecule has 2 N–H and O–H groups in total. The number of carbonyl (C=O) groups is 1. The molecule has 1 heterocycles. The van der Waals surface area contributed by atoms with Crippen LogP contribution < -0.4 is 10.0 Å². The highest BCUT2D eigenvalue weighted by atomic mass is 35.5. The molecule has 2 aromatic carbocycles. The minimum Gasteiger partial charge on any atom is -0.326 e. The van der Waals surface area contributed by atoms with Crippen LogP contribution in [0.5, 0.6) is 0 Å². The normalized spacial score (nSPS) is 12.2. The first kappa shape index (κ1) is 22.2. The lowest BCUT2D eigenvalue weighted by atomic mass is 10.1. The van der Waals surface area contributed by atoms with Gasteiger partial charge in [0.2, 0.25) is 21.1 Å². The number of anilines is 2. The number of benzene rings is 2. The highest BCUT2D eigenvalue weighted by Gasteiger charge is 2.29. The van der Waals surface area contributed by atoms with Crippen molar-refractivity contribution in [2.45, 2.75) is 12.2 Å². The summed E-state index contributed by atoms with van der Waals surface area (Å²) in [5.74, 6) is 0.166. The molecule has 0 bridgehead atoms. The Morgan fingerprint density at radius 2 is 1.80 bits per heavy atom. The number of rotatable bonds is 7. The van der Waals surface area contributed by atoms with Gasteiger partial charge in [-0.1, -0.05) is 35.3 Å². The summed E-state index contributed by atoms with van der Waals surface area (Å²) < 4.78 is 32.5. The van der Waals surface area contributed by atoms with Crippen LogP contribution >= 0.6 is 34.7 Å². The number of aromatic nitrogens is 2. The van der Waals surface area contributed by atoms with Gasteiger partial charge in [-0.05, 0) is 36.4 Å². The Kier molecular flexibility index (Phi) is 6.77. The van der Waals surface area contributed by atoms with Crippen molar-refractivity contribution in [1.82, 2.24) is 9.36 Å². The lowest BCUT2D eigenvalue weighted by Gasteiger charge is -2.17. The molecule has 1 unspecified atom stereocenters. The molecule has 0 spiro atoms. The largest absolute Gasteiger partial charge is 0.326 e. The average molecular weight is 483 g/mol. The number of hydrogen-bond donors (Lipinski definition) is 2. The number of halogens is 2. The summed E-state index contributed by atoms with van der Waals surface area (Å²) in [5.41, 5.74) is 1.54. The monoisotopic (exact) mass is 482 g/mol. The van der Waals surface area contributed by atoms with Gasteiger partial charge in [0.05, 0.1) is 0 Å². The van der Waals surface area contributed by atoms with Gasteiger partial charge in [-0.2, -0.15) is 9.36 Å². The van der Waals surface area contributed by atoms with Crippen molar-refractivity contribution in [1.29, 1.82) is 0 Å². The van der Waals surface area contributed by atoms with Crippen LogP contribution in [0.4, 0.5) is 10.8 Å². The fourth-order valence-corrected chi connectivity index (χ4v) is 5.59. The van der Waals surface area contributed by atoms with Crippen LogP contribution in [0.2, 0.25) is 10.0 Å². The van der Waals surface area contributed by atoms with Crippen molar-refractivity contribution in [2.24, 2.45) is 0 Å². The molecule has 0 fully saturated rings. The zero-order valence-corrected chi connectivity index (χ0v) is 18.7. The third-order valence-electron chi connectivity index (χ3n) is 3.95. The number of carbonyl (C=O) groups excluding carboxylic acids is 1. The van der Waals surface area contributed by atoms with E-state index >= 15 is 0 Å². The van der Waals surface area contributed by atoms with Crippen LogP contribution in [0.3, 0.4) is 0 Å². The predicted octanol–water partition coefficient (Wildman–Crippen LogP) is 5.14. The van der Waals surface area contributed by atoms with Crippen molar-refractivity contribution in [2.75, 3.05) is 10.0 Å². The second kappa shape index (κ2) is 9.13. The minimum atomic E-state index is -3.99. The second-order valence-corrected chi connectivity index (χ2v) is 9.49. The molecule has 30 heavy (non-hydrogen) atoms. The first-order valence-electron chi connectivity index (χ1n) is 8.51. The summed E-state index contributed by atoms with van der Waals surface area (Å²) in [5, 5.41) is 2.01. The molecule has 7 nitrogen and oxygen atoms in total. The van der Waals surface area contributed by atoms with E-state index in [1.54, 1.807) is 42.5 Å². The minimum absolute atomic E-state index is 0.0889. The van der Waals surface area contributed by atoms with Crippen LogP contribution in [0.15, 0.2) is 55.1 Å². The van der Waals surface area contributed by atoms with Crippen molar-refractivity contribution < 1.29 is 13.2 Å². The summed E-state index contributed by atoms with van der Waals surface area (Å²) >= 11 is 13.2. The van der Waals surface area contributed by atoms with Crippen LogP contribution in [0.1, 0.15) is 17.7 Å². The van der Waals surface area contributed by atoms with Crippen molar-refractivity contribution in [3.8, 4) is 11.4 Å². The van der Waals surface area contributed by atoms with E-state index in [0.29, 0.717) is 17.1 Å². The average Bonchev–Trinajstić information content (AvgIpc) is 3.12. The molecule has 1 aromatic heterocycles. The quantitative estimate of drug-likeness (QED) is 0.454. The van der Waals surface area contributed by atoms with E-state index < -0.39 is 15.3 Å². The fraction of sp³-hybridized carbons (Fsp3) is 0.105. The Morgan fingerprint density at radius 3 is 2.37 bits per heavy atom. The standard InChI is InChI=1S/C19H16Cl2N4O3S2/c1-3-16(17-14(20)5-4-6-15(17)21)30(27,28)25-19-23-18(24-29-19)12-7-9-13(10-8-12)22-11(2)26/h3-10,16H,1H2,2H3,(H,22,26)(H,23,24,25). The van der Waals surface area contributed by atoms with E-state index in [2.05, 4.69) is 26.0 Å². The fourth-order valence-electron chi connectivity index (χ4n) is 2.66. The molecule has 3 rings (SSSR count). The smallest absolute Gasteiger partial charge is 0.245 e. The highest BCUT2D eigenvalue weighted by Crippen LogP contribution is 2.36. The van der Waals surface area contributed by atoms with Gasteiger partial charge < -0.3 is 5.32 Å². The maximum absolute atomic E-state index is 12.9. The Hall–Kier alpha value is -2.46. The summed E-state index contributed by atoms with van der Waals surface area (Å²) in [6.07, 6.45) is 1.25. The molecule has 0 saturated heterocycles. The molecule has 1 atom stereocenters. The van der Waals surface area contributed by atoms with Crippen LogP contribution in [-0.4, -0.2) is 23.7 Å². The van der Waals surface area contributed by atoms with E-state index in [-0.39, 0.29) is 26.6 Å². The van der Waals surface area contributed by atoms with E-state index in [9.17, 15) is 13.2 Å². The van der Waals surface area contributed by atoms with Gasteiger partial charge in [-0.15, -0.1) is 6.58 Å². The molecular formula is C19H16Cl2N4O3S2. The summed E-state index contributed by atoms with van der Waals surface area (Å²) in [6.45, 7) is 5.03. The van der Waals surface area contributed by atoms with E-state index in [1.807, 2.05) is 0 Å². The third-order valence-corrected chi connectivity index (χ3v) is 6.95. The van der Waals surface area contributed by atoms with Crippen molar-refractivity contribution in [3.05, 3.63) is 70.7 Å². The van der Waals surface area contributed by atoms with Crippen LogP contribution in [0.25, 0.3) is 11.4 Å². The zero-order valence-electron chi connectivity index (χ0n) is 15.6. The van der Waals surface area contributed by atoms with Gasteiger partial charge >= 0.3 is 0 Å². The topological polar surface area (TPSA) is 101 Å². The molecule has 0 aliphatic heterocycles. The summed E-state index contributed by atoms with van der Waals surface area (Å²) in [7, 11) is -3.99. The third kappa shape index (κ3) is 4.99. The molecule has 11 heteroatoms. The zero-order chi connectivity index (χ0) is 21.9. The number of nitrogens with zero attached hydrogens (tertiary/aromatic N) is 2. The number of amides is 1. The lowest BCUT2D eigenvalue weighted by molar-refractivity contribution is -0.114. The molecule has 3 aromatic rings. The van der Waals surface area contributed by atoms with Gasteiger partial charge in [-0.3, -0.25) is 9.52 Å². The molecule has 0 aliphatic carbocycles. The van der Waals surface area contributed by atoms with Crippen LogP contribution in [-0.2, 0) is 14.8 Å². The van der Waals surface area contributed by atoms with Gasteiger partial charge in [-0.25, -0.2) is 8.42 Å². The van der Waals surface area contributed by atoms with E-state index in [1.165, 1.54) is 13.0 Å². The number of nitrogens with one attached hydrogen (secondary N) is 2. The molecule has 1 amide bonds. The summed E-state index contributed by atoms with van der Waals surface area (Å²) in [4.78, 5) is 15.3. The maximum Gasteiger partial charge on any atom is 0.245 e. The first-order chi connectivity index (χ1) is 14.2. The van der Waals surface area contributed by atoms with Crippen molar-refractivity contribution >= 4 is 61.5 Å². The van der Waals surface area contributed by atoms with Gasteiger partial charge in [0, 0.05) is 45.3 Å². The Morgan fingerprint density at radius 1 is 1.17 bits per heavy atom. The van der Waals surface area contributed by atoms with Gasteiger partial charge in [0.15, 0.2) is 5.82 Å². The number of hydrogen-bond acceptors (Lipinski definition) is 6. The number of sulfonamides is 1.